The third-order valence-corrected chi connectivity index (χ3v) is 5.87. The van der Waals surface area contributed by atoms with E-state index >= 15 is 0 Å². The lowest BCUT2D eigenvalue weighted by Gasteiger charge is -2.10. The molecule has 102 valence electrons. The van der Waals surface area contributed by atoms with Gasteiger partial charge >= 0.3 is 0 Å². The summed E-state index contributed by atoms with van der Waals surface area (Å²) in [5, 5.41) is 0.390. The summed E-state index contributed by atoms with van der Waals surface area (Å²) in [6, 6.07) is 1.50. The zero-order valence-electron chi connectivity index (χ0n) is 10.3. The fourth-order valence-electron chi connectivity index (χ4n) is 1.98. The van der Waals surface area contributed by atoms with Gasteiger partial charge in [0.1, 0.15) is 16.4 Å². The maximum absolute atomic E-state index is 12.1. The van der Waals surface area contributed by atoms with Gasteiger partial charge in [0.2, 0.25) is 10.0 Å². The van der Waals surface area contributed by atoms with Gasteiger partial charge in [-0.15, -0.1) is 0 Å². The van der Waals surface area contributed by atoms with E-state index < -0.39 is 10.0 Å². The van der Waals surface area contributed by atoms with Gasteiger partial charge in [-0.25, -0.2) is 13.1 Å². The van der Waals surface area contributed by atoms with E-state index in [2.05, 4.69) is 4.72 Å². The molecule has 1 saturated heterocycles. The normalized spacial score (nSPS) is 20.4. The summed E-state index contributed by atoms with van der Waals surface area (Å²) >= 11 is 1.82. The first-order valence-electron chi connectivity index (χ1n) is 5.93. The van der Waals surface area contributed by atoms with E-state index in [0.29, 0.717) is 23.3 Å². The van der Waals surface area contributed by atoms with Gasteiger partial charge in [-0.2, -0.15) is 11.8 Å². The maximum Gasteiger partial charge on any atom is 0.244 e. The first-order chi connectivity index (χ1) is 8.53. The third-order valence-electron chi connectivity index (χ3n) is 2.94. The van der Waals surface area contributed by atoms with Gasteiger partial charge < -0.3 is 10.2 Å². The van der Waals surface area contributed by atoms with Gasteiger partial charge in [-0.3, -0.25) is 0 Å². The number of aryl methyl sites for hydroxylation is 1. The van der Waals surface area contributed by atoms with Crippen molar-refractivity contribution in [2.75, 3.05) is 12.3 Å². The second-order valence-corrected chi connectivity index (χ2v) is 7.47. The van der Waals surface area contributed by atoms with Crippen LogP contribution in [0.1, 0.15) is 24.4 Å². The van der Waals surface area contributed by atoms with E-state index in [1.807, 2.05) is 11.8 Å². The Balaban J connectivity index is 2.06. The molecule has 1 aromatic rings. The molecule has 0 aliphatic carbocycles. The molecule has 0 spiro atoms. The Bertz CT molecular complexity index is 504. The molecule has 0 amide bonds. The largest absolute Gasteiger partial charge is 0.464 e. The Morgan fingerprint density at radius 1 is 1.61 bits per heavy atom. The minimum absolute atomic E-state index is 0.200. The van der Waals surface area contributed by atoms with Crippen LogP contribution < -0.4 is 10.5 Å². The van der Waals surface area contributed by atoms with Crippen molar-refractivity contribution in [3.8, 4) is 0 Å². The van der Waals surface area contributed by atoms with Crippen molar-refractivity contribution in [1.82, 2.24) is 4.72 Å². The summed E-state index contributed by atoms with van der Waals surface area (Å²) in [5.41, 5.74) is 5.44. The van der Waals surface area contributed by atoms with Crippen LogP contribution in [0.15, 0.2) is 15.4 Å². The first-order valence-corrected chi connectivity index (χ1v) is 8.47. The molecule has 0 saturated carbocycles. The topological polar surface area (TPSA) is 85.3 Å². The molecule has 5 nitrogen and oxygen atoms in total. The smallest absolute Gasteiger partial charge is 0.244 e. The highest BCUT2D eigenvalue weighted by Gasteiger charge is 2.23. The molecule has 1 atom stereocenters. The number of hydrogen-bond acceptors (Lipinski definition) is 5. The maximum atomic E-state index is 12.1. The van der Waals surface area contributed by atoms with Crippen molar-refractivity contribution in [2.45, 2.75) is 36.5 Å². The summed E-state index contributed by atoms with van der Waals surface area (Å²) in [4.78, 5) is 0.200. The Kier molecular flexibility index (Phi) is 4.37. The molecule has 1 aliphatic heterocycles. The minimum atomic E-state index is -3.48. The molecule has 2 rings (SSSR count). The number of nitrogens with one attached hydrogen (secondary N) is 1. The molecule has 1 unspecified atom stereocenters. The summed E-state index contributed by atoms with van der Waals surface area (Å²) in [7, 11) is -3.48. The molecule has 0 radical (unpaired) electrons. The monoisotopic (exact) mass is 290 g/mol. The van der Waals surface area contributed by atoms with Crippen LogP contribution in [-0.4, -0.2) is 26.0 Å². The zero-order valence-corrected chi connectivity index (χ0v) is 11.9. The lowest BCUT2D eigenvalue weighted by molar-refractivity contribution is 0.478. The SMILES string of the molecule is Cc1oc(CN)cc1S(=O)(=O)NCC1CCCS1. The standard InChI is InChI=1S/C11H18N2O3S2/c1-8-11(5-9(6-12)16-8)18(14,15)13-7-10-3-2-4-17-10/h5,10,13H,2-4,6-7,12H2,1H3. The Morgan fingerprint density at radius 2 is 2.39 bits per heavy atom. The van der Waals surface area contributed by atoms with Gasteiger partial charge in [0.05, 0.1) is 6.54 Å². The van der Waals surface area contributed by atoms with Crippen LogP contribution in [0.5, 0.6) is 0 Å². The molecule has 3 N–H and O–H groups in total. The van der Waals surface area contributed by atoms with Gasteiger partial charge in [-0.05, 0) is 25.5 Å². The Hall–Kier alpha value is -0.500. The van der Waals surface area contributed by atoms with Crippen molar-refractivity contribution < 1.29 is 12.8 Å². The Labute approximate surface area is 112 Å². The molecule has 18 heavy (non-hydrogen) atoms. The predicted molar refractivity (Wildman–Crippen MR) is 72.0 cm³/mol. The van der Waals surface area contributed by atoms with E-state index in [1.165, 1.54) is 12.5 Å². The summed E-state index contributed by atoms with van der Waals surface area (Å²) in [5.74, 6) is 2.00. The summed E-state index contributed by atoms with van der Waals surface area (Å²) < 4.78 is 32.2. The highest BCUT2D eigenvalue weighted by molar-refractivity contribution is 8.00. The second kappa shape index (κ2) is 5.64. The van der Waals surface area contributed by atoms with Crippen molar-refractivity contribution >= 4 is 21.8 Å². The van der Waals surface area contributed by atoms with E-state index in [9.17, 15) is 8.42 Å². The van der Waals surface area contributed by atoms with Crippen LogP contribution in [0.25, 0.3) is 0 Å². The van der Waals surface area contributed by atoms with Crippen LogP contribution in [0, 0.1) is 6.92 Å². The first kappa shape index (κ1) is 13.9. The summed E-state index contributed by atoms with van der Waals surface area (Å²) in [6.07, 6.45) is 2.24. The van der Waals surface area contributed by atoms with Crippen LogP contribution in [0.4, 0.5) is 0 Å². The Morgan fingerprint density at radius 3 is 2.94 bits per heavy atom. The average molecular weight is 290 g/mol. The van der Waals surface area contributed by atoms with Gasteiger partial charge in [0, 0.05) is 17.9 Å². The molecule has 1 aromatic heterocycles. The van der Waals surface area contributed by atoms with Crippen molar-refractivity contribution in [2.24, 2.45) is 5.73 Å². The molecule has 0 bridgehead atoms. The van der Waals surface area contributed by atoms with Gasteiger partial charge in [-0.1, -0.05) is 0 Å². The van der Waals surface area contributed by atoms with E-state index in [0.717, 1.165) is 12.2 Å². The van der Waals surface area contributed by atoms with Gasteiger partial charge in [0.25, 0.3) is 0 Å². The molecule has 7 heteroatoms. The van der Waals surface area contributed by atoms with Crippen LogP contribution in [-0.2, 0) is 16.6 Å². The van der Waals surface area contributed by atoms with Crippen LogP contribution in [0.2, 0.25) is 0 Å². The van der Waals surface area contributed by atoms with E-state index in [-0.39, 0.29) is 11.4 Å². The second-order valence-electron chi connectivity index (χ2n) is 4.32. The van der Waals surface area contributed by atoms with Gasteiger partial charge in [0.15, 0.2) is 0 Å². The zero-order chi connectivity index (χ0) is 13.2. The molecule has 0 aromatic carbocycles. The summed E-state index contributed by atoms with van der Waals surface area (Å²) in [6.45, 7) is 2.32. The molecule has 2 heterocycles. The van der Waals surface area contributed by atoms with E-state index in [1.54, 1.807) is 6.92 Å². The fourth-order valence-corrected chi connectivity index (χ4v) is 4.57. The highest BCUT2D eigenvalue weighted by atomic mass is 32.2. The molecule has 1 fully saturated rings. The van der Waals surface area contributed by atoms with Crippen LogP contribution >= 0.6 is 11.8 Å². The predicted octanol–water partition coefficient (Wildman–Crippen LogP) is 1.22. The van der Waals surface area contributed by atoms with E-state index in [4.69, 9.17) is 10.2 Å². The average Bonchev–Trinajstić information content (AvgIpc) is 2.95. The number of hydrogen-bond donors (Lipinski definition) is 2. The highest BCUT2D eigenvalue weighted by Crippen LogP contribution is 2.26. The number of rotatable bonds is 5. The molecular weight excluding hydrogens is 272 g/mol. The lowest BCUT2D eigenvalue weighted by Crippen LogP contribution is -2.30. The minimum Gasteiger partial charge on any atom is -0.464 e. The van der Waals surface area contributed by atoms with Crippen molar-refractivity contribution in [3.63, 3.8) is 0 Å². The fraction of sp³-hybridized carbons (Fsp3) is 0.636. The number of thioether (sulfide) groups is 1. The van der Waals surface area contributed by atoms with Crippen LogP contribution in [0.3, 0.4) is 0 Å². The number of furan rings is 1. The lowest BCUT2D eigenvalue weighted by atomic mass is 10.2. The van der Waals surface area contributed by atoms with Crippen molar-refractivity contribution in [1.29, 1.82) is 0 Å². The van der Waals surface area contributed by atoms with Crippen molar-refractivity contribution in [3.05, 3.63) is 17.6 Å². The molecule has 1 aliphatic rings. The third kappa shape index (κ3) is 3.09. The quantitative estimate of drug-likeness (QED) is 0.851. The molecular formula is C11H18N2O3S2. The number of nitrogens with two attached hydrogens (primary N) is 1. The number of sulfonamides is 1.